The molecule has 0 aliphatic rings. The number of amides is 1. The average Bonchev–Trinajstić information content (AvgIpc) is 2.64. The number of carboxylic acid groups (broad SMARTS) is 1. The van der Waals surface area contributed by atoms with Gasteiger partial charge in [-0.15, -0.1) is 0 Å². The van der Waals surface area contributed by atoms with Gasteiger partial charge < -0.3 is 5.11 Å². The normalized spacial score (nSPS) is 11.3. The molecule has 5 nitrogen and oxygen atoms in total. The summed E-state index contributed by atoms with van der Waals surface area (Å²) in [5.41, 5.74) is 4.01. The van der Waals surface area contributed by atoms with Crippen LogP contribution >= 0.6 is 0 Å². The summed E-state index contributed by atoms with van der Waals surface area (Å²) in [6.07, 6.45) is 10.3. The SMILES string of the molecule is CCCCCCCCCCC(=O)N/N=C(\CCC(=O)O)c1ccccc1. The molecule has 26 heavy (non-hydrogen) atoms. The van der Waals surface area contributed by atoms with Crippen LogP contribution in [0.2, 0.25) is 0 Å². The Morgan fingerprint density at radius 3 is 2.12 bits per heavy atom. The Bertz CT molecular complexity index is 556. The third-order valence-corrected chi connectivity index (χ3v) is 4.26. The van der Waals surface area contributed by atoms with Crippen molar-refractivity contribution in [2.75, 3.05) is 0 Å². The fourth-order valence-corrected chi connectivity index (χ4v) is 2.73. The van der Waals surface area contributed by atoms with Gasteiger partial charge in [-0.2, -0.15) is 5.10 Å². The number of nitrogens with zero attached hydrogens (tertiary/aromatic N) is 1. The summed E-state index contributed by atoms with van der Waals surface area (Å²) in [5.74, 6) is -0.987. The first-order valence-electron chi connectivity index (χ1n) is 9.76. The van der Waals surface area contributed by atoms with Gasteiger partial charge in [-0.1, -0.05) is 82.2 Å². The predicted molar refractivity (Wildman–Crippen MR) is 105 cm³/mol. The van der Waals surface area contributed by atoms with Crippen molar-refractivity contribution in [3.05, 3.63) is 35.9 Å². The Morgan fingerprint density at radius 1 is 0.885 bits per heavy atom. The summed E-state index contributed by atoms with van der Waals surface area (Å²) in [5, 5.41) is 13.0. The van der Waals surface area contributed by atoms with Crippen LogP contribution in [-0.2, 0) is 9.59 Å². The minimum atomic E-state index is -0.876. The number of carbonyl (C=O) groups is 2. The van der Waals surface area contributed by atoms with Crippen molar-refractivity contribution in [1.82, 2.24) is 5.43 Å². The van der Waals surface area contributed by atoms with Crippen LogP contribution in [0.25, 0.3) is 0 Å². The monoisotopic (exact) mass is 360 g/mol. The third-order valence-electron chi connectivity index (χ3n) is 4.26. The molecule has 144 valence electrons. The summed E-state index contributed by atoms with van der Waals surface area (Å²) < 4.78 is 0. The van der Waals surface area contributed by atoms with E-state index in [0.29, 0.717) is 12.1 Å². The molecule has 5 heteroatoms. The maximum Gasteiger partial charge on any atom is 0.303 e. The number of hydrogen-bond donors (Lipinski definition) is 2. The summed E-state index contributed by atoms with van der Waals surface area (Å²) in [6.45, 7) is 2.21. The molecule has 1 amide bonds. The van der Waals surface area contributed by atoms with Gasteiger partial charge in [0.1, 0.15) is 0 Å². The summed E-state index contributed by atoms with van der Waals surface area (Å²) >= 11 is 0. The van der Waals surface area contributed by atoms with Gasteiger partial charge in [0.05, 0.1) is 12.1 Å². The molecular formula is C21H32N2O3. The van der Waals surface area contributed by atoms with Crippen LogP contribution in [0.1, 0.15) is 83.1 Å². The number of carbonyl (C=O) groups excluding carboxylic acids is 1. The first kappa shape index (κ1) is 21.9. The zero-order chi connectivity index (χ0) is 19.0. The number of hydrazone groups is 1. The van der Waals surface area contributed by atoms with Crippen LogP contribution in [-0.4, -0.2) is 22.7 Å². The van der Waals surface area contributed by atoms with Gasteiger partial charge in [-0.25, -0.2) is 5.43 Å². The Kier molecular flexibility index (Phi) is 11.8. The molecule has 0 unspecified atom stereocenters. The van der Waals surface area contributed by atoms with Crippen molar-refractivity contribution in [2.24, 2.45) is 5.10 Å². The van der Waals surface area contributed by atoms with Gasteiger partial charge >= 0.3 is 5.97 Å². The molecule has 0 spiro atoms. The quantitative estimate of drug-likeness (QED) is 0.281. The Morgan fingerprint density at radius 2 is 1.50 bits per heavy atom. The third kappa shape index (κ3) is 10.6. The highest BCUT2D eigenvalue weighted by Crippen LogP contribution is 2.10. The largest absolute Gasteiger partial charge is 0.481 e. The van der Waals surface area contributed by atoms with Gasteiger partial charge in [-0.3, -0.25) is 9.59 Å². The number of unbranched alkanes of at least 4 members (excludes halogenated alkanes) is 7. The van der Waals surface area contributed by atoms with Crippen molar-refractivity contribution < 1.29 is 14.7 Å². The van der Waals surface area contributed by atoms with E-state index >= 15 is 0 Å². The maximum absolute atomic E-state index is 12.0. The molecule has 0 fully saturated rings. The Labute approximate surface area is 156 Å². The molecule has 0 aliphatic carbocycles. The Balaban J connectivity index is 2.33. The van der Waals surface area contributed by atoms with E-state index in [9.17, 15) is 9.59 Å². The second kappa shape index (κ2) is 14.0. The van der Waals surface area contributed by atoms with Crippen molar-refractivity contribution in [1.29, 1.82) is 0 Å². The lowest BCUT2D eigenvalue weighted by Gasteiger charge is -2.07. The molecule has 1 aromatic rings. The predicted octanol–water partition coefficient (Wildman–Crippen LogP) is 4.90. The zero-order valence-corrected chi connectivity index (χ0v) is 15.9. The fraction of sp³-hybridized carbons (Fsp3) is 0.571. The second-order valence-electron chi connectivity index (χ2n) is 6.58. The van der Waals surface area contributed by atoms with Crippen LogP contribution in [0.15, 0.2) is 35.4 Å². The lowest BCUT2D eigenvalue weighted by Crippen LogP contribution is -2.20. The lowest BCUT2D eigenvalue weighted by molar-refractivity contribution is -0.136. The average molecular weight is 360 g/mol. The van der Waals surface area contributed by atoms with Crippen molar-refractivity contribution in [3.8, 4) is 0 Å². The van der Waals surface area contributed by atoms with E-state index in [1.165, 1.54) is 38.5 Å². The van der Waals surface area contributed by atoms with Gasteiger partial charge in [0.15, 0.2) is 0 Å². The van der Waals surface area contributed by atoms with E-state index in [0.717, 1.165) is 18.4 Å². The van der Waals surface area contributed by atoms with Crippen LogP contribution in [0.5, 0.6) is 0 Å². The highest BCUT2D eigenvalue weighted by atomic mass is 16.4. The van der Waals surface area contributed by atoms with E-state index in [-0.39, 0.29) is 18.7 Å². The van der Waals surface area contributed by atoms with E-state index in [2.05, 4.69) is 17.5 Å². The van der Waals surface area contributed by atoms with E-state index in [1.807, 2.05) is 30.3 Å². The van der Waals surface area contributed by atoms with E-state index < -0.39 is 5.97 Å². The highest BCUT2D eigenvalue weighted by Gasteiger charge is 2.08. The molecule has 0 atom stereocenters. The standard InChI is InChI=1S/C21H32N2O3/c1-2-3-4-5-6-7-8-12-15-20(24)23-22-19(16-17-21(25)26)18-13-10-9-11-14-18/h9-11,13-14H,2-8,12,15-17H2,1H3,(H,23,24)(H,25,26)/b22-19+. The zero-order valence-electron chi connectivity index (χ0n) is 15.9. The van der Waals surface area contributed by atoms with E-state index in [4.69, 9.17) is 5.11 Å². The number of hydrogen-bond acceptors (Lipinski definition) is 3. The maximum atomic E-state index is 12.0. The summed E-state index contributed by atoms with van der Waals surface area (Å²) in [4.78, 5) is 22.8. The molecule has 0 radical (unpaired) electrons. The molecule has 0 saturated heterocycles. The number of nitrogens with one attached hydrogen (secondary N) is 1. The topological polar surface area (TPSA) is 78.8 Å². The van der Waals surface area contributed by atoms with Crippen LogP contribution in [0.3, 0.4) is 0 Å². The minimum Gasteiger partial charge on any atom is -0.481 e. The molecule has 1 rings (SSSR count). The molecule has 0 saturated carbocycles. The molecule has 1 aromatic carbocycles. The number of aliphatic carboxylic acids is 1. The number of benzene rings is 1. The molecule has 0 aliphatic heterocycles. The van der Waals surface area contributed by atoms with Crippen molar-refractivity contribution >= 4 is 17.6 Å². The van der Waals surface area contributed by atoms with Gasteiger partial charge in [0.2, 0.25) is 5.91 Å². The first-order chi connectivity index (χ1) is 12.6. The number of rotatable bonds is 14. The molecule has 0 bridgehead atoms. The fourth-order valence-electron chi connectivity index (χ4n) is 2.73. The first-order valence-corrected chi connectivity index (χ1v) is 9.76. The molecule has 2 N–H and O–H groups in total. The Hall–Kier alpha value is -2.17. The summed E-state index contributed by atoms with van der Waals surface area (Å²) in [7, 11) is 0. The van der Waals surface area contributed by atoms with Gasteiger partial charge in [0.25, 0.3) is 0 Å². The summed E-state index contributed by atoms with van der Waals surface area (Å²) in [6, 6.07) is 9.36. The van der Waals surface area contributed by atoms with E-state index in [1.54, 1.807) is 0 Å². The molecule has 0 heterocycles. The molecular weight excluding hydrogens is 328 g/mol. The smallest absolute Gasteiger partial charge is 0.303 e. The van der Waals surface area contributed by atoms with Crippen LogP contribution < -0.4 is 5.43 Å². The van der Waals surface area contributed by atoms with Crippen molar-refractivity contribution in [2.45, 2.75) is 77.6 Å². The van der Waals surface area contributed by atoms with Gasteiger partial charge in [0, 0.05) is 12.8 Å². The highest BCUT2D eigenvalue weighted by molar-refractivity contribution is 6.02. The molecule has 0 aromatic heterocycles. The van der Waals surface area contributed by atoms with Crippen LogP contribution in [0.4, 0.5) is 0 Å². The number of carboxylic acids is 1. The van der Waals surface area contributed by atoms with Gasteiger partial charge in [-0.05, 0) is 12.0 Å². The minimum absolute atomic E-state index is 0.0123. The van der Waals surface area contributed by atoms with Crippen LogP contribution in [0, 0.1) is 0 Å². The van der Waals surface area contributed by atoms with Crippen molar-refractivity contribution in [3.63, 3.8) is 0 Å². The lowest BCUT2D eigenvalue weighted by atomic mass is 10.1. The second-order valence-corrected chi connectivity index (χ2v) is 6.58.